The highest BCUT2D eigenvalue weighted by molar-refractivity contribution is 5.71. The zero-order valence-electron chi connectivity index (χ0n) is 12.2. The van der Waals surface area contributed by atoms with Crippen LogP contribution in [-0.2, 0) is 9.53 Å². The molecule has 0 saturated carbocycles. The van der Waals surface area contributed by atoms with Crippen molar-refractivity contribution in [2.75, 3.05) is 6.61 Å². The summed E-state index contributed by atoms with van der Waals surface area (Å²) in [5, 5.41) is 9.36. The predicted octanol–water partition coefficient (Wildman–Crippen LogP) is 3.13. The van der Waals surface area contributed by atoms with Crippen molar-refractivity contribution in [3.63, 3.8) is 0 Å². The number of esters is 1. The number of carbonyl (C=O) groups excluding carboxylic acids is 1. The van der Waals surface area contributed by atoms with E-state index in [1.165, 1.54) is 0 Å². The summed E-state index contributed by atoms with van der Waals surface area (Å²) in [4.78, 5) is 12.0. The lowest BCUT2D eigenvalue weighted by Crippen LogP contribution is -2.26. The fourth-order valence-electron chi connectivity index (χ4n) is 2.04. The Morgan fingerprint density at radius 1 is 1.26 bits per heavy atom. The molecule has 0 radical (unpaired) electrons. The molecule has 0 spiro atoms. The SMILES string of the molecule is C[C@@H](CO)[C@@H](CC(=O)OC(C)(C)C)c1ccccc1. The molecule has 0 bridgehead atoms. The second-order valence-electron chi connectivity index (χ2n) is 5.97. The second-order valence-corrected chi connectivity index (χ2v) is 5.97. The van der Waals surface area contributed by atoms with E-state index in [-0.39, 0.29) is 24.4 Å². The maximum atomic E-state index is 12.0. The number of rotatable bonds is 5. The van der Waals surface area contributed by atoms with Crippen LogP contribution in [0.5, 0.6) is 0 Å². The largest absolute Gasteiger partial charge is 0.460 e. The Hall–Kier alpha value is -1.35. The number of benzene rings is 1. The van der Waals surface area contributed by atoms with E-state index in [0.29, 0.717) is 6.42 Å². The van der Waals surface area contributed by atoms with E-state index in [9.17, 15) is 9.90 Å². The van der Waals surface area contributed by atoms with Crippen LogP contribution in [0.2, 0.25) is 0 Å². The van der Waals surface area contributed by atoms with Gasteiger partial charge in [0.25, 0.3) is 0 Å². The maximum absolute atomic E-state index is 12.0. The van der Waals surface area contributed by atoms with Gasteiger partial charge in [-0.25, -0.2) is 0 Å². The normalized spacial score (nSPS) is 14.8. The first-order valence-electron chi connectivity index (χ1n) is 6.71. The predicted molar refractivity (Wildman–Crippen MR) is 75.9 cm³/mol. The highest BCUT2D eigenvalue weighted by atomic mass is 16.6. The molecule has 19 heavy (non-hydrogen) atoms. The van der Waals surface area contributed by atoms with Crippen molar-refractivity contribution in [2.45, 2.75) is 45.6 Å². The second kappa shape index (κ2) is 6.71. The molecular weight excluding hydrogens is 240 g/mol. The molecule has 1 aromatic rings. The third-order valence-electron chi connectivity index (χ3n) is 3.01. The van der Waals surface area contributed by atoms with Gasteiger partial charge in [-0.05, 0) is 38.2 Å². The lowest BCUT2D eigenvalue weighted by atomic mass is 9.85. The Morgan fingerprint density at radius 2 is 1.84 bits per heavy atom. The first-order valence-corrected chi connectivity index (χ1v) is 6.71. The van der Waals surface area contributed by atoms with Gasteiger partial charge < -0.3 is 9.84 Å². The molecule has 0 fully saturated rings. The minimum Gasteiger partial charge on any atom is -0.460 e. The van der Waals surface area contributed by atoms with Crippen LogP contribution >= 0.6 is 0 Å². The van der Waals surface area contributed by atoms with Gasteiger partial charge in [0.2, 0.25) is 0 Å². The molecular formula is C16H24O3. The van der Waals surface area contributed by atoms with E-state index in [4.69, 9.17) is 4.74 Å². The van der Waals surface area contributed by atoms with Crippen molar-refractivity contribution >= 4 is 5.97 Å². The van der Waals surface area contributed by atoms with Crippen molar-refractivity contribution in [3.05, 3.63) is 35.9 Å². The van der Waals surface area contributed by atoms with Gasteiger partial charge in [-0.2, -0.15) is 0 Å². The Balaban J connectivity index is 2.80. The molecule has 0 heterocycles. The Kier molecular flexibility index (Phi) is 5.55. The monoisotopic (exact) mass is 264 g/mol. The lowest BCUT2D eigenvalue weighted by Gasteiger charge is -2.25. The van der Waals surface area contributed by atoms with Crippen LogP contribution < -0.4 is 0 Å². The molecule has 3 nitrogen and oxygen atoms in total. The van der Waals surface area contributed by atoms with Gasteiger partial charge in [0.05, 0.1) is 6.42 Å². The molecule has 0 saturated heterocycles. The highest BCUT2D eigenvalue weighted by Gasteiger charge is 2.25. The fraction of sp³-hybridized carbons (Fsp3) is 0.562. The minimum absolute atomic E-state index is 0.0129. The van der Waals surface area contributed by atoms with Crippen molar-refractivity contribution < 1.29 is 14.6 Å². The average Bonchev–Trinajstić information content (AvgIpc) is 2.34. The van der Waals surface area contributed by atoms with E-state index in [1.54, 1.807) is 0 Å². The number of aliphatic hydroxyl groups is 1. The highest BCUT2D eigenvalue weighted by Crippen LogP contribution is 2.29. The van der Waals surface area contributed by atoms with Crippen molar-refractivity contribution in [1.82, 2.24) is 0 Å². The van der Waals surface area contributed by atoms with Gasteiger partial charge in [-0.15, -0.1) is 0 Å². The lowest BCUT2D eigenvalue weighted by molar-refractivity contribution is -0.155. The standard InChI is InChI=1S/C16H24O3/c1-12(11-17)14(13-8-6-5-7-9-13)10-15(18)19-16(2,3)4/h5-9,12,14,17H,10-11H2,1-4H3/t12-,14+/m0/s1. The smallest absolute Gasteiger partial charge is 0.306 e. The molecule has 1 N–H and O–H groups in total. The molecule has 1 rings (SSSR count). The van der Waals surface area contributed by atoms with Crippen LogP contribution in [0.1, 0.15) is 45.6 Å². The first kappa shape index (κ1) is 15.7. The number of hydrogen-bond donors (Lipinski definition) is 1. The van der Waals surface area contributed by atoms with Gasteiger partial charge in [0, 0.05) is 6.61 Å². The molecule has 0 aromatic heterocycles. The van der Waals surface area contributed by atoms with Crippen LogP contribution in [0.25, 0.3) is 0 Å². The number of hydrogen-bond acceptors (Lipinski definition) is 3. The summed E-state index contributed by atoms with van der Waals surface area (Å²) in [6, 6.07) is 9.81. The Labute approximate surface area is 115 Å². The fourth-order valence-corrected chi connectivity index (χ4v) is 2.04. The third kappa shape index (κ3) is 5.43. The Morgan fingerprint density at radius 3 is 2.32 bits per heavy atom. The summed E-state index contributed by atoms with van der Waals surface area (Å²) in [5.41, 5.74) is 0.593. The van der Waals surface area contributed by atoms with Gasteiger partial charge in [-0.3, -0.25) is 4.79 Å². The van der Waals surface area contributed by atoms with Gasteiger partial charge in [0.15, 0.2) is 0 Å². The molecule has 1 aromatic carbocycles. The third-order valence-corrected chi connectivity index (χ3v) is 3.01. The number of ether oxygens (including phenoxy) is 1. The zero-order valence-corrected chi connectivity index (χ0v) is 12.2. The molecule has 2 atom stereocenters. The topological polar surface area (TPSA) is 46.5 Å². The molecule has 0 aliphatic carbocycles. The Bertz CT molecular complexity index is 392. The van der Waals surface area contributed by atoms with Crippen molar-refractivity contribution in [3.8, 4) is 0 Å². The molecule has 0 amide bonds. The van der Waals surface area contributed by atoms with Gasteiger partial charge in [-0.1, -0.05) is 37.3 Å². The van der Waals surface area contributed by atoms with E-state index in [1.807, 2.05) is 58.0 Å². The van der Waals surface area contributed by atoms with Crippen LogP contribution in [0.15, 0.2) is 30.3 Å². The molecule has 0 aliphatic rings. The molecule has 0 unspecified atom stereocenters. The number of carbonyl (C=O) groups is 1. The van der Waals surface area contributed by atoms with Crippen LogP contribution in [0, 0.1) is 5.92 Å². The molecule has 0 aliphatic heterocycles. The summed E-state index contributed by atoms with van der Waals surface area (Å²) in [6.07, 6.45) is 0.295. The summed E-state index contributed by atoms with van der Waals surface area (Å²) in [7, 11) is 0. The summed E-state index contributed by atoms with van der Waals surface area (Å²) in [6.45, 7) is 7.58. The number of aliphatic hydroxyl groups excluding tert-OH is 1. The summed E-state index contributed by atoms with van der Waals surface area (Å²) in [5.74, 6) is -0.211. The van der Waals surface area contributed by atoms with E-state index >= 15 is 0 Å². The zero-order chi connectivity index (χ0) is 14.5. The van der Waals surface area contributed by atoms with E-state index < -0.39 is 5.60 Å². The van der Waals surface area contributed by atoms with Crippen LogP contribution in [0.3, 0.4) is 0 Å². The van der Waals surface area contributed by atoms with Gasteiger partial charge >= 0.3 is 5.97 Å². The summed E-state index contributed by atoms with van der Waals surface area (Å²) >= 11 is 0. The van der Waals surface area contributed by atoms with Crippen molar-refractivity contribution in [2.24, 2.45) is 5.92 Å². The minimum atomic E-state index is -0.471. The van der Waals surface area contributed by atoms with Crippen molar-refractivity contribution in [1.29, 1.82) is 0 Å². The average molecular weight is 264 g/mol. The van der Waals surface area contributed by atoms with Crippen LogP contribution in [-0.4, -0.2) is 23.3 Å². The molecule has 106 valence electrons. The summed E-state index contributed by atoms with van der Waals surface area (Å²) < 4.78 is 5.36. The van der Waals surface area contributed by atoms with E-state index in [2.05, 4.69) is 0 Å². The molecule has 3 heteroatoms. The first-order chi connectivity index (χ1) is 8.83. The maximum Gasteiger partial charge on any atom is 0.306 e. The van der Waals surface area contributed by atoms with E-state index in [0.717, 1.165) is 5.56 Å². The van der Waals surface area contributed by atoms with Crippen LogP contribution in [0.4, 0.5) is 0 Å². The van der Waals surface area contributed by atoms with Gasteiger partial charge in [0.1, 0.15) is 5.60 Å². The quantitative estimate of drug-likeness (QED) is 0.831.